The molecule has 0 aliphatic heterocycles. The lowest BCUT2D eigenvalue weighted by atomic mass is 10.1. The normalized spacial score (nSPS) is 12.7. The van der Waals surface area contributed by atoms with Crippen molar-refractivity contribution in [3.63, 3.8) is 0 Å². The Morgan fingerprint density at radius 2 is 2.31 bits per heavy atom. The van der Waals surface area contributed by atoms with E-state index in [0.717, 1.165) is 16.1 Å². The van der Waals surface area contributed by atoms with Gasteiger partial charge in [0.1, 0.15) is 0 Å². The maximum Gasteiger partial charge on any atom is 0.0952 e. The van der Waals surface area contributed by atoms with Gasteiger partial charge in [0.25, 0.3) is 0 Å². The molecule has 0 fully saturated rings. The Morgan fingerprint density at radius 3 is 2.88 bits per heavy atom. The second-order valence-electron chi connectivity index (χ2n) is 3.64. The lowest BCUT2D eigenvalue weighted by molar-refractivity contribution is 0.181. The first-order chi connectivity index (χ1) is 7.68. The Kier molecular flexibility index (Phi) is 3.59. The first kappa shape index (κ1) is 11.6. The van der Waals surface area contributed by atoms with Crippen LogP contribution in [-0.2, 0) is 6.42 Å². The van der Waals surface area contributed by atoms with Crippen LogP contribution in [0.1, 0.15) is 22.2 Å². The molecule has 0 saturated heterocycles. The summed E-state index contributed by atoms with van der Waals surface area (Å²) in [6.07, 6.45) is 1.66. The fourth-order valence-corrected chi connectivity index (χ4v) is 2.79. The average molecular weight is 254 g/mol. The van der Waals surface area contributed by atoms with Gasteiger partial charge in [-0.2, -0.15) is 0 Å². The minimum atomic E-state index is -0.568. The summed E-state index contributed by atoms with van der Waals surface area (Å²) in [5, 5.41) is 12.7. The predicted molar refractivity (Wildman–Crippen MR) is 67.0 cm³/mol. The highest BCUT2D eigenvalue weighted by Gasteiger charge is 2.16. The van der Waals surface area contributed by atoms with E-state index in [2.05, 4.69) is 4.98 Å². The average Bonchev–Trinajstić information content (AvgIpc) is 2.61. The third kappa shape index (κ3) is 2.43. The highest BCUT2D eigenvalue weighted by atomic mass is 35.5. The number of halogens is 1. The molecular formula is C12H12ClNOS. The lowest BCUT2D eigenvalue weighted by Gasteiger charge is -2.08. The van der Waals surface area contributed by atoms with E-state index in [-0.39, 0.29) is 0 Å². The van der Waals surface area contributed by atoms with Gasteiger partial charge in [0, 0.05) is 18.3 Å². The van der Waals surface area contributed by atoms with Crippen LogP contribution < -0.4 is 0 Å². The summed E-state index contributed by atoms with van der Waals surface area (Å²) in [5.41, 5.74) is 1.89. The van der Waals surface area contributed by atoms with Gasteiger partial charge in [-0.3, -0.25) is 4.98 Å². The zero-order chi connectivity index (χ0) is 11.5. The summed E-state index contributed by atoms with van der Waals surface area (Å²) >= 11 is 7.59. The number of aliphatic hydroxyl groups excluding tert-OH is 1. The maximum atomic E-state index is 10.1. The van der Waals surface area contributed by atoms with Gasteiger partial charge in [-0.05, 0) is 30.0 Å². The summed E-state index contributed by atoms with van der Waals surface area (Å²) in [7, 11) is 0. The van der Waals surface area contributed by atoms with Crippen LogP contribution >= 0.6 is 22.9 Å². The number of aromatic nitrogens is 1. The molecule has 0 bridgehead atoms. The minimum absolute atomic E-state index is 0.501. The van der Waals surface area contributed by atoms with E-state index in [1.54, 1.807) is 6.20 Å². The van der Waals surface area contributed by atoms with Crippen molar-refractivity contribution in [1.29, 1.82) is 0 Å². The van der Waals surface area contributed by atoms with Crippen LogP contribution in [0.15, 0.2) is 29.8 Å². The molecule has 0 radical (unpaired) electrons. The van der Waals surface area contributed by atoms with Crippen LogP contribution in [0.4, 0.5) is 0 Å². The molecule has 1 unspecified atom stereocenters. The number of rotatable bonds is 3. The van der Waals surface area contributed by atoms with Crippen LogP contribution in [0.3, 0.4) is 0 Å². The molecule has 0 aliphatic carbocycles. The standard InChI is InChI=1S/C12H12ClNOS/c1-8-7-16-12(11(8)13)10(15)6-9-4-2-3-5-14-9/h2-5,7,10,15H,6H2,1H3. The number of aryl methyl sites for hydroxylation is 1. The quantitative estimate of drug-likeness (QED) is 0.910. The largest absolute Gasteiger partial charge is 0.387 e. The highest BCUT2D eigenvalue weighted by molar-refractivity contribution is 7.10. The molecule has 0 spiro atoms. The molecule has 16 heavy (non-hydrogen) atoms. The summed E-state index contributed by atoms with van der Waals surface area (Å²) < 4.78 is 0. The number of hydrogen-bond acceptors (Lipinski definition) is 3. The van der Waals surface area contributed by atoms with Crippen molar-refractivity contribution in [3.8, 4) is 0 Å². The summed E-state index contributed by atoms with van der Waals surface area (Å²) in [5.74, 6) is 0. The van der Waals surface area contributed by atoms with Gasteiger partial charge in [0.15, 0.2) is 0 Å². The Labute approximate surface area is 104 Å². The number of thiophene rings is 1. The molecule has 2 rings (SSSR count). The van der Waals surface area contributed by atoms with E-state index < -0.39 is 6.10 Å². The van der Waals surface area contributed by atoms with E-state index >= 15 is 0 Å². The van der Waals surface area contributed by atoms with E-state index in [4.69, 9.17) is 11.6 Å². The van der Waals surface area contributed by atoms with Crippen LogP contribution in [0, 0.1) is 6.92 Å². The topological polar surface area (TPSA) is 33.1 Å². The molecule has 84 valence electrons. The van der Waals surface area contributed by atoms with Gasteiger partial charge in [-0.25, -0.2) is 0 Å². The fourth-order valence-electron chi connectivity index (χ4n) is 1.48. The second-order valence-corrected chi connectivity index (χ2v) is 4.93. The van der Waals surface area contributed by atoms with Gasteiger partial charge >= 0.3 is 0 Å². The molecule has 0 aliphatic rings. The molecule has 2 nitrogen and oxygen atoms in total. The molecule has 2 aromatic rings. The molecule has 0 amide bonds. The minimum Gasteiger partial charge on any atom is -0.387 e. The fraction of sp³-hybridized carbons (Fsp3) is 0.250. The van der Waals surface area contributed by atoms with E-state index in [0.29, 0.717) is 11.4 Å². The number of pyridine rings is 1. The van der Waals surface area contributed by atoms with Crippen molar-refractivity contribution < 1.29 is 5.11 Å². The Morgan fingerprint density at radius 1 is 1.50 bits per heavy atom. The number of hydrogen-bond donors (Lipinski definition) is 1. The molecule has 0 aromatic carbocycles. The summed E-state index contributed by atoms with van der Waals surface area (Å²) in [4.78, 5) is 5.01. The SMILES string of the molecule is Cc1csc(C(O)Cc2ccccn2)c1Cl. The smallest absolute Gasteiger partial charge is 0.0952 e. The molecule has 0 saturated carbocycles. The second kappa shape index (κ2) is 4.95. The molecule has 2 heterocycles. The van der Waals surface area contributed by atoms with Gasteiger partial charge in [-0.1, -0.05) is 17.7 Å². The Hall–Kier alpha value is -0.900. The first-order valence-electron chi connectivity index (χ1n) is 5.00. The molecule has 1 atom stereocenters. The lowest BCUT2D eigenvalue weighted by Crippen LogP contribution is -2.01. The van der Waals surface area contributed by atoms with Crippen LogP contribution in [0.2, 0.25) is 5.02 Å². The maximum absolute atomic E-state index is 10.1. The van der Waals surface area contributed by atoms with Crippen molar-refractivity contribution in [1.82, 2.24) is 4.98 Å². The van der Waals surface area contributed by atoms with E-state index in [9.17, 15) is 5.11 Å². The third-order valence-electron chi connectivity index (χ3n) is 2.36. The van der Waals surface area contributed by atoms with Crippen LogP contribution in [0.25, 0.3) is 0 Å². The molecular weight excluding hydrogens is 242 g/mol. The molecule has 4 heteroatoms. The van der Waals surface area contributed by atoms with Gasteiger partial charge < -0.3 is 5.11 Å². The van der Waals surface area contributed by atoms with Gasteiger partial charge in [0.2, 0.25) is 0 Å². The van der Waals surface area contributed by atoms with Gasteiger partial charge in [0.05, 0.1) is 16.0 Å². The third-order valence-corrected chi connectivity index (χ3v) is 4.17. The van der Waals surface area contributed by atoms with Crippen molar-refractivity contribution in [2.75, 3.05) is 0 Å². The zero-order valence-corrected chi connectivity index (χ0v) is 10.4. The Balaban J connectivity index is 2.15. The number of nitrogens with zero attached hydrogens (tertiary/aromatic N) is 1. The summed E-state index contributed by atoms with van der Waals surface area (Å²) in [6, 6.07) is 5.67. The Bertz CT molecular complexity index is 469. The highest BCUT2D eigenvalue weighted by Crippen LogP contribution is 2.33. The van der Waals surface area contributed by atoms with Crippen LogP contribution in [0.5, 0.6) is 0 Å². The van der Waals surface area contributed by atoms with Crippen molar-refractivity contribution in [3.05, 3.63) is 50.9 Å². The van der Waals surface area contributed by atoms with Crippen molar-refractivity contribution >= 4 is 22.9 Å². The molecule has 2 aromatic heterocycles. The molecule has 1 N–H and O–H groups in total. The van der Waals surface area contributed by atoms with Gasteiger partial charge in [-0.15, -0.1) is 11.3 Å². The monoisotopic (exact) mass is 253 g/mol. The van der Waals surface area contributed by atoms with Crippen molar-refractivity contribution in [2.24, 2.45) is 0 Å². The predicted octanol–water partition coefficient (Wildman–Crippen LogP) is 3.38. The van der Waals surface area contributed by atoms with Crippen LogP contribution in [-0.4, -0.2) is 10.1 Å². The van der Waals surface area contributed by atoms with E-state index in [1.807, 2.05) is 30.5 Å². The zero-order valence-electron chi connectivity index (χ0n) is 8.85. The summed E-state index contributed by atoms with van der Waals surface area (Å²) in [6.45, 7) is 1.94. The van der Waals surface area contributed by atoms with E-state index in [1.165, 1.54) is 11.3 Å². The number of aliphatic hydroxyl groups is 1. The van der Waals surface area contributed by atoms with Crippen molar-refractivity contribution in [2.45, 2.75) is 19.4 Å². The first-order valence-corrected chi connectivity index (χ1v) is 6.25.